The van der Waals surface area contributed by atoms with E-state index in [2.05, 4.69) is 5.10 Å². The van der Waals surface area contributed by atoms with Crippen molar-refractivity contribution >= 4 is 17.4 Å². The van der Waals surface area contributed by atoms with E-state index in [1.54, 1.807) is 10.7 Å². The Kier molecular flexibility index (Phi) is 4.00. The second kappa shape index (κ2) is 5.53. The van der Waals surface area contributed by atoms with Crippen LogP contribution in [0.3, 0.4) is 0 Å². The largest absolute Gasteiger partial charge is 0.287 e. The van der Waals surface area contributed by atoms with Crippen molar-refractivity contribution in [3.63, 3.8) is 0 Å². The summed E-state index contributed by atoms with van der Waals surface area (Å²) in [5.74, 6) is -0.984. The summed E-state index contributed by atoms with van der Waals surface area (Å²) >= 11 is 5.68. The van der Waals surface area contributed by atoms with Gasteiger partial charge < -0.3 is 0 Å². The number of nitrogens with zero attached hydrogens (tertiary/aromatic N) is 2. The Morgan fingerprint density at radius 1 is 1.37 bits per heavy atom. The highest BCUT2D eigenvalue weighted by Crippen LogP contribution is 2.19. The molecule has 1 aromatic heterocycles. The highest BCUT2D eigenvalue weighted by molar-refractivity contribution is 6.30. The first-order valence-corrected chi connectivity index (χ1v) is 6.51. The summed E-state index contributed by atoms with van der Waals surface area (Å²) in [5.41, 5.74) is 1.24. The fourth-order valence-electron chi connectivity index (χ4n) is 1.88. The predicted octanol–water partition coefficient (Wildman–Crippen LogP) is 3.49. The van der Waals surface area contributed by atoms with Crippen LogP contribution < -0.4 is 0 Å². The van der Waals surface area contributed by atoms with Crippen molar-refractivity contribution in [1.82, 2.24) is 9.78 Å². The topological polar surface area (TPSA) is 34.9 Å². The normalized spacial score (nSPS) is 10.7. The Balaban J connectivity index is 2.46. The lowest BCUT2D eigenvalue weighted by Crippen LogP contribution is -2.11. The van der Waals surface area contributed by atoms with Crippen molar-refractivity contribution in [1.29, 1.82) is 0 Å². The van der Waals surface area contributed by atoms with Crippen LogP contribution in [0.5, 0.6) is 0 Å². The van der Waals surface area contributed by atoms with Gasteiger partial charge in [0.05, 0.1) is 11.3 Å². The third-order valence-electron chi connectivity index (χ3n) is 2.90. The molecule has 0 aliphatic rings. The summed E-state index contributed by atoms with van der Waals surface area (Å²) in [5, 5.41) is 4.56. The first-order chi connectivity index (χ1) is 9.06. The smallest absolute Gasteiger partial charge is 0.213 e. The minimum absolute atomic E-state index is 0.0154. The monoisotopic (exact) mass is 280 g/mol. The Morgan fingerprint density at radius 3 is 2.68 bits per heavy atom. The van der Waals surface area contributed by atoms with Gasteiger partial charge in [0.1, 0.15) is 11.5 Å². The van der Waals surface area contributed by atoms with E-state index in [1.807, 2.05) is 13.8 Å². The Labute approximate surface area is 116 Å². The third kappa shape index (κ3) is 2.68. The van der Waals surface area contributed by atoms with Crippen molar-refractivity contribution in [2.45, 2.75) is 26.8 Å². The van der Waals surface area contributed by atoms with Crippen LogP contribution in [0.15, 0.2) is 24.3 Å². The van der Waals surface area contributed by atoms with E-state index in [9.17, 15) is 9.18 Å². The third-order valence-corrected chi connectivity index (χ3v) is 3.14. The molecule has 1 heterocycles. The number of benzene rings is 1. The van der Waals surface area contributed by atoms with E-state index < -0.39 is 5.82 Å². The first-order valence-electron chi connectivity index (χ1n) is 6.13. The molecule has 0 aliphatic carbocycles. The summed E-state index contributed by atoms with van der Waals surface area (Å²) < 4.78 is 15.4. The number of carbonyl (C=O) groups is 1. The molecule has 0 radical (unpaired) electrons. The quantitative estimate of drug-likeness (QED) is 0.804. The van der Waals surface area contributed by atoms with Crippen LogP contribution in [0.25, 0.3) is 0 Å². The van der Waals surface area contributed by atoms with Crippen molar-refractivity contribution in [2.24, 2.45) is 0 Å². The van der Waals surface area contributed by atoms with Gasteiger partial charge in [0.25, 0.3) is 0 Å². The van der Waals surface area contributed by atoms with E-state index in [0.717, 1.165) is 18.2 Å². The zero-order chi connectivity index (χ0) is 14.0. The standard InChI is InChI=1S/C14H14ClFN2O/c1-3-10-8-13(18(4-2)17-10)14(19)11-6-5-9(15)7-12(11)16/h5-8H,3-4H2,1-2H3. The Morgan fingerprint density at radius 2 is 2.11 bits per heavy atom. The molecule has 5 heteroatoms. The number of aryl methyl sites for hydroxylation is 2. The van der Waals surface area contributed by atoms with Crippen LogP contribution in [0.1, 0.15) is 35.6 Å². The van der Waals surface area contributed by atoms with E-state index in [0.29, 0.717) is 12.2 Å². The molecular weight excluding hydrogens is 267 g/mol. The number of ketones is 1. The van der Waals surface area contributed by atoms with Crippen molar-refractivity contribution in [2.75, 3.05) is 0 Å². The molecule has 0 saturated carbocycles. The number of hydrogen-bond donors (Lipinski definition) is 0. The van der Waals surface area contributed by atoms with Crippen molar-refractivity contribution in [3.8, 4) is 0 Å². The number of halogens is 2. The average molecular weight is 281 g/mol. The fraction of sp³-hybridized carbons (Fsp3) is 0.286. The zero-order valence-corrected chi connectivity index (χ0v) is 11.5. The van der Waals surface area contributed by atoms with E-state index in [-0.39, 0.29) is 16.4 Å². The maximum absolute atomic E-state index is 13.8. The molecule has 100 valence electrons. The number of rotatable bonds is 4. The molecule has 0 spiro atoms. The maximum Gasteiger partial charge on any atom is 0.213 e. The molecule has 0 atom stereocenters. The lowest BCUT2D eigenvalue weighted by Gasteiger charge is -2.05. The summed E-state index contributed by atoms with van der Waals surface area (Å²) in [6, 6.07) is 5.76. The second-order valence-corrected chi connectivity index (χ2v) is 4.58. The van der Waals surface area contributed by atoms with Crippen LogP contribution in [0.2, 0.25) is 5.02 Å². The van der Waals surface area contributed by atoms with Crippen molar-refractivity contribution in [3.05, 3.63) is 52.1 Å². The highest BCUT2D eigenvalue weighted by Gasteiger charge is 2.19. The van der Waals surface area contributed by atoms with E-state index in [1.165, 1.54) is 12.1 Å². The Hall–Kier alpha value is -1.68. The molecule has 0 aliphatic heterocycles. The van der Waals surface area contributed by atoms with Crippen LogP contribution in [-0.2, 0) is 13.0 Å². The molecule has 2 rings (SSSR count). The lowest BCUT2D eigenvalue weighted by atomic mass is 10.1. The highest BCUT2D eigenvalue weighted by atomic mass is 35.5. The molecule has 0 N–H and O–H groups in total. The molecule has 0 bridgehead atoms. The van der Waals surface area contributed by atoms with Gasteiger partial charge in [-0.1, -0.05) is 18.5 Å². The van der Waals surface area contributed by atoms with Gasteiger partial charge in [-0.3, -0.25) is 9.48 Å². The maximum atomic E-state index is 13.8. The minimum atomic E-state index is -0.612. The summed E-state index contributed by atoms with van der Waals surface area (Å²) in [6.45, 7) is 4.41. The average Bonchev–Trinajstić information content (AvgIpc) is 2.81. The van der Waals surface area contributed by atoms with E-state index in [4.69, 9.17) is 11.6 Å². The summed E-state index contributed by atoms with van der Waals surface area (Å²) in [6.07, 6.45) is 0.733. The summed E-state index contributed by atoms with van der Waals surface area (Å²) in [7, 11) is 0. The van der Waals surface area contributed by atoms with Crippen LogP contribution in [0.4, 0.5) is 4.39 Å². The molecule has 1 aromatic carbocycles. The first kappa shape index (κ1) is 13.7. The minimum Gasteiger partial charge on any atom is -0.287 e. The molecule has 0 fully saturated rings. The molecular formula is C14H14ClFN2O. The molecule has 3 nitrogen and oxygen atoms in total. The molecule has 0 amide bonds. The van der Waals surface area contributed by atoms with Gasteiger partial charge in [0.2, 0.25) is 5.78 Å². The van der Waals surface area contributed by atoms with Gasteiger partial charge in [-0.15, -0.1) is 0 Å². The predicted molar refractivity (Wildman–Crippen MR) is 72.1 cm³/mol. The molecule has 2 aromatic rings. The lowest BCUT2D eigenvalue weighted by molar-refractivity contribution is 0.102. The number of carbonyl (C=O) groups excluding carboxylic acids is 1. The molecule has 0 saturated heterocycles. The fourth-order valence-corrected chi connectivity index (χ4v) is 2.04. The van der Waals surface area contributed by atoms with Gasteiger partial charge in [0.15, 0.2) is 0 Å². The SMILES string of the molecule is CCc1cc(C(=O)c2ccc(Cl)cc2F)n(CC)n1. The van der Waals surface area contributed by atoms with Crippen LogP contribution in [-0.4, -0.2) is 15.6 Å². The number of aromatic nitrogens is 2. The molecule has 19 heavy (non-hydrogen) atoms. The Bertz CT molecular complexity index is 622. The van der Waals surface area contributed by atoms with Gasteiger partial charge >= 0.3 is 0 Å². The van der Waals surface area contributed by atoms with Crippen LogP contribution in [0, 0.1) is 5.82 Å². The number of hydrogen-bond acceptors (Lipinski definition) is 2. The molecule has 0 unspecified atom stereocenters. The van der Waals surface area contributed by atoms with Crippen LogP contribution >= 0.6 is 11.6 Å². The van der Waals surface area contributed by atoms with Gasteiger partial charge in [0, 0.05) is 11.6 Å². The zero-order valence-electron chi connectivity index (χ0n) is 10.8. The second-order valence-electron chi connectivity index (χ2n) is 4.14. The van der Waals surface area contributed by atoms with Gasteiger partial charge in [-0.05, 0) is 37.6 Å². The van der Waals surface area contributed by atoms with E-state index >= 15 is 0 Å². The van der Waals surface area contributed by atoms with Crippen molar-refractivity contribution < 1.29 is 9.18 Å². The summed E-state index contributed by atoms with van der Waals surface area (Å²) in [4.78, 5) is 12.3. The van der Waals surface area contributed by atoms with Gasteiger partial charge in [-0.2, -0.15) is 5.10 Å². The van der Waals surface area contributed by atoms with Gasteiger partial charge in [-0.25, -0.2) is 4.39 Å².